The minimum Gasteiger partial charge on any atom is -0.487 e. The molecule has 2 aromatic carbocycles. The summed E-state index contributed by atoms with van der Waals surface area (Å²) >= 11 is 1.59. The summed E-state index contributed by atoms with van der Waals surface area (Å²) in [7, 11) is 0. The van der Waals surface area contributed by atoms with Gasteiger partial charge in [-0.2, -0.15) is 0 Å². The van der Waals surface area contributed by atoms with Crippen LogP contribution in [0.2, 0.25) is 0 Å². The summed E-state index contributed by atoms with van der Waals surface area (Å²) in [5.74, 6) is 0.523. The summed E-state index contributed by atoms with van der Waals surface area (Å²) in [5.41, 5.74) is 3.01. The number of aromatic nitrogens is 1. The molecule has 2 heterocycles. The van der Waals surface area contributed by atoms with Gasteiger partial charge in [0.2, 0.25) is 0 Å². The largest absolute Gasteiger partial charge is 0.487 e. The SMILES string of the molecule is Cc1nc(COc2ccc(C(=O)NCc3ccc(C(=O)N4CC(C)OC(C)C4)cc3)cc2)cs1. The number of hydrogen-bond donors (Lipinski definition) is 1. The van der Waals surface area contributed by atoms with E-state index in [0.29, 0.717) is 43.1 Å². The van der Waals surface area contributed by atoms with E-state index in [2.05, 4.69) is 10.3 Å². The minimum atomic E-state index is -0.168. The van der Waals surface area contributed by atoms with E-state index in [1.165, 1.54) is 0 Å². The van der Waals surface area contributed by atoms with E-state index in [1.54, 1.807) is 35.6 Å². The lowest BCUT2D eigenvalue weighted by Gasteiger charge is -2.35. The van der Waals surface area contributed by atoms with Crippen LogP contribution in [0, 0.1) is 6.92 Å². The first-order valence-corrected chi connectivity index (χ1v) is 12.2. The molecule has 0 radical (unpaired) electrons. The highest BCUT2D eigenvalue weighted by atomic mass is 32.1. The molecule has 2 atom stereocenters. The number of ether oxygens (including phenoxy) is 2. The lowest BCUT2D eigenvalue weighted by atomic mass is 10.1. The van der Waals surface area contributed by atoms with Crippen molar-refractivity contribution in [1.29, 1.82) is 0 Å². The maximum absolute atomic E-state index is 12.8. The van der Waals surface area contributed by atoms with Crippen LogP contribution in [-0.4, -0.2) is 47.0 Å². The molecule has 1 aliphatic heterocycles. The van der Waals surface area contributed by atoms with Crippen LogP contribution in [0.3, 0.4) is 0 Å². The molecule has 0 saturated carbocycles. The van der Waals surface area contributed by atoms with Gasteiger partial charge < -0.3 is 19.7 Å². The first-order valence-electron chi connectivity index (χ1n) is 11.3. The molecule has 0 spiro atoms. The van der Waals surface area contributed by atoms with Crippen LogP contribution in [0.15, 0.2) is 53.9 Å². The minimum absolute atomic E-state index is 0.00445. The first kappa shape index (κ1) is 23.9. The smallest absolute Gasteiger partial charge is 0.254 e. The molecule has 4 rings (SSSR count). The third-order valence-corrected chi connectivity index (χ3v) is 6.35. The zero-order chi connectivity index (χ0) is 24.1. The lowest BCUT2D eigenvalue weighted by Crippen LogP contribution is -2.48. The molecule has 1 N–H and O–H groups in total. The number of morpholine rings is 1. The number of rotatable bonds is 7. The molecule has 0 bridgehead atoms. The Morgan fingerprint density at radius 2 is 1.71 bits per heavy atom. The number of carbonyl (C=O) groups excluding carboxylic acids is 2. The summed E-state index contributed by atoms with van der Waals surface area (Å²) in [6.45, 7) is 7.88. The van der Waals surface area contributed by atoms with Crippen LogP contribution in [0.4, 0.5) is 0 Å². The van der Waals surface area contributed by atoms with E-state index in [4.69, 9.17) is 9.47 Å². The molecular weight excluding hydrogens is 450 g/mol. The molecule has 0 aliphatic carbocycles. The maximum atomic E-state index is 12.8. The molecule has 1 aromatic heterocycles. The van der Waals surface area contributed by atoms with Gasteiger partial charge in [0.25, 0.3) is 11.8 Å². The zero-order valence-electron chi connectivity index (χ0n) is 19.6. The lowest BCUT2D eigenvalue weighted by molar-refractivity contribution is -0.0586. The summed E-state index contributed by atoms with van der Waals surface area (Å²) in [6.07, 6.45) is 0.0649. The Balaban J connectivity index is 1.26. The van der Waals surface area contributed by atoms with Crippen LogP contribution < -0.4 is 10.1 Å². The van der Waals surface area contributed by atoms with E-state index in [0.717, 1.165) is 16.3 Å². The van der Waals surface area contributed by atoms with Gasteiger partial charge in [-0.25, -0.2) is 4.98 Å². The fourth-order valence-electron chi connectivity index (χ4n) is 3.91. The average Bonchev–Trinajstić information content (AvgIpc) is 3.26. The van der Waals surface area contributed by atoms with Crippen molar-refractivity contribution >= 4 is 23.2 Å². The normalized spacial score (nSPS) is 17.9. The average molecular weight is 480 g/mol. The number of nitrogens with zero attached hydrogens (tertiary/aromatic N) is 2. The van der Waals surface area contributed by atoms with E-state index in [1.807, 2.05) is 55.3 Å². The van der Waals surface area contributed by atoms with Crippen molar-refractivity contribution in [3.63, 3.8) is 0 Å². The molecule has 1 saturated heterocycles. The molecule has 8 heteroatoms. The van der Waals surface area contributed by atoms with Crippen LogP contribution in [-0.2, 0) is 17.9 Å². The van der Waals surface area contributed by atoms with Crippen LogP contribution in [0.25, 0.3) is 0 Å². The topological polar surface area (TPSA) is 80.8 Å². The Kier molecular flexibility index (Phi) is 7.59. The highest BCUT2D eigenvalue weighted by molar-refractivity contribution is 7.09. The fourth-order valence-corrected chi connectivity index (χ4v) is 4.51. The number of hydrogen-bond acceptors (Lipinski definition) is 6. The first-order chi connectivity index (χ1) is 16.4. The number of thiazole rings is 1. The van der Waals surface area contributed by atoms with Gasteiger partial charge in [-0.1, -0.05) is 12.1 Å². The van der Waals surface area contributed by atoms with Gasteiger partial charge in [0.15, 0.2) is 0 Å². The summed E-state index contributed by atoms with van der Waals surface area (Å²) in [6, 6.07) is 14.4. The molecule has 1 aliphatic rings. The number of nitrogens with one attached hydrogen (secondary N) is 1. The third kappa shape index (κ3) is 6.21. The standard InChI is InChI=1S/C26H29N3O4S/c1-17-13-29(14-18(2)33-17)26(31)22-6-4-20(5-7-22)12-27-25(30)21-8-10-24(11-9-21)32-15-23-16-34-19(3)28-23/h4-11,16-18H,12-15H2,1-3H3,(H,27,30). The Hall–Kier alpha value is -3.23. The number of benzene rings is 2. The summed E-state index contributed by atoms with van der Waals surface area (Å²) in [5, 5.41) is 5.90. The van der Waals surface area contributed by atoms with Gasteiger partial charge >= 0.3 is 0 Å². The van der Waals surface area contributed by atoms with Gasteiger partial charge in [0.05, 0.1) is 22.9 Å². The van der Waals surface area contributed by atoms with E-state index < -0.39 is 0 Å². The molecule has 178 valence electrons. The Bertz CT molecular complexity index is 1120. The third-order valence-electron chi connectivity index (χ3n) is 5.53. The van der Waals surface area contributed by atoms with Crippen molar-refractivity contribution < 1.29 is 19.1 Å². The molecule has 3 aromatic rings. The van der Waals surface area contributed by atoms with Gasteiger partial charge in [-0.3, -0.25) is 9.59 Å². The van der Waals surface area contributed by atoms with E-state index in [9.17, 15) is 9.59 Å². The van der Waals surface area contributed by atoms with Gasteiger partial charge in [-0.15, -0.1) is 11.3 Å². The van der Waals surface area contributed by atoms with Crippen molar-refractivity contribution in [2.24, 2.45) is 0 Å². The summed E-state index contributed by atoms with van der Waals surface area (Å²) < 4.78 is 11.4. The maximum Gasteiger partial charge on any atom is 0.254 e. The molecular formula is C26H29N3O4S. The van der Waals surface area contributed by atoms with E-state index in [-0.39, 0.29) is 24.0 Å². The zero-order valence-corrected chi connectivity index (χ0v) is 20.4. The van der Waals surface area contributed by atoms with Crippen molar-refractivity contribution in [2.75, 3.05) is 13.1 Å². The predicted octanol–water partition coefficient (Wildman–Crippen LogP) is 4.21. The second-order valence-corrected chi connectivity index (χ2v) is 9.58. The van der Waals surface area contributed by atoms with Gasteiger partial charge in [0, 0.05) is 36.1 Å². The fraction of sp³-hybridized carbons (Fsp3) is 0.346. The molecule has 34 heavy (non-hydrogen) atoms. The molecule has 1 fully saturated rings. The molecule has 2 amide bonds. The Labute approximate surface area is 203 Å². The second kappa shape index (κ2) is 10.8. The molecule has 7 nitrogen and oxygen atoms in total. The quantitative estimate of drug-likeness (QED) is 0.549. The second-order valence-electron chi connectivity index (χ2n) is 8.52. The molecule has 2 unspecified atom stereocenters. The van der Waals surface area contributed by atoms with Crippen LogP contribution >= 0.6 is 11.3 Å². The Morgan fingerprint density at radius 3 is 2.32 bits per heavy atom. The number of carbonyl (C=O) groups is 2. The van der Waals surface area contributed by atoms with Gasteiger partial charge in [-0.05, 0) is 62.7 Å². The number of aryl methyl sites for hydroxylation is 1. The van der Waals surface area contributed by atoms with Crippen molar-refractivity contribution in [2.45, 2.75) is 46.1 Å². The predicted molar refractivity (Wildman–Crippen MR) is 131 cm³/mol. The van der Waals surface area contributed by atoms with Crippen LogP contribution in [0.5, 0.6) is 5.75 Å². The summed E-state index contributed by atoms with van der Waals surface area (Å²) in [4.78, 5) is 31.5. The van der Waals surface area contributed by atoms with Crippen molar-refractivity contribution in [1.82, 2.24) is 15.2 Å². The van der Waals surface area contributed by atoms with Gasteiger partial charge in [0.1, 0.15) is 12.4 Å². The highest BCUT2D eigenvalue weighted by Crippen LogP contribution is 2.17. The monoisotopic (exact) mass is 479 g/mol. The van der Waals surface area contributed by atoms with Crippen LogP contribution in [0.1, 0.15) is 50.8 Å². The van der Waals surface area contributed by atoms with Crippen molar-refractivity contribution in [3.8, 4) is 5.75 Å². The van der Waals surface area contributed by atoms with Crippen molar-refractivity contribution in [3.05, 3.63) is 81.3 Å². The Morgan fingerprint density at radius 1 is 1.06 bits per heavy atom. The highest BCUT2D eigenvalue weighted by Gasteiger charge is 2.26. The number of amides is 2. The van der Waals surface area contributed by atoms with E-state index >= 15 is 0 Å².